The summed E-state index contributed by atoms with van der Waals surface area (Å²) in [6.07, 6.45) is 1.16. The third kappa shape index (κ3) is 4.59. The van der Waals surface area contributed by atoms with Gasteiger partial charge in [0.15, 0.2) is 0 Å². The first-order chi connectivity index (χ1) is 12.0. The Morgan fingerprint density at radius 2 is 2.16 bits per heavy atom. The number of ether oxygens (including phenoxy) is 1. The summed E-state index contributed by atoms with van der Waals surface area (Å²) in [5.41, 5.74) is 0.985. The van der Waals surface area contributed by atoms with Crippen molar-refractivity contribution in [1.82, 2.24) is 5.32 Å². The Morgan fingerprint density at radius 3 is 2.84 bits per heavy atom. The number of amides is 1. The molecule has 4 nitrogen and oxygen atoms in total. The summed E-state index contributed by atoms with van der Waals surface area (Å²) in [5, 5.41) is 12.0. The first-order valence-electron chi connectivity index (χ1n) is 7.43. The fourth-order valence-electron chi connectivity index (χ4n) is 2.16. The molecule has 2 rings (SSSR count). The summed E-state index contributed by atoms with van der Waals surface area (Å²) in [6, 6.07) is 12.0. The highest BCUT2D eigenvalue weighted by Gasteiger charge is 2.14. The third-order valence-corrected chi connectivity index (χ3v) is 3.89. The molecule has 0 spiro atoms. The summed E-state index contributed by atoms with van der Waals surface area (Å²) >= 11 is 5.97. The van der Waals surface area contributed by atoms with Crippen molar-refractivity contribution < 1.29 is 13.9 Å². The Balaban J connectivity index is 2.19. The SMILES string of the molecule is COc1cccc(CNC(=O)/C(C#N)=C/c2c(Cl)ccc(C)c2F)c1. The molecule has 0 radical (unpaired) electrons. The van der Waals surface area contributed by atoms with Crippen LogP contribution in [0.3, 0.4) is 0 Å². The maximum absolute atomic E-state index is 14.2. The number of carbonyl (C=O) groups excluding carboxylic acids is 1. The van der Waals surface area contributed by atoms with Gasteiger partial charge in [-0.3, -0.25) is 4.79 Å². The van der Waals surface area contributed by atoms with Gasteiger partial charge >= 0.3 is 0 Å². The molecule has 6 heteroatoms. The van der Waals surface area contributed by atoms with Crippen molar-refractivity contribution in [2.75, 3.05) is 7.11 Å². The Morgan fingerprint density at radius 1 is 1.40 bits per heavy atom. The van der Waals surface area contributed by atoms with Gasteiger partial charge in [-0.2, -0.15) is 5.26 Å². The zero-order valence-corrected chi connectivity index (χ0v) is 14.5. The standard InChI is InChI=1S/C19H16ClFN2O2/c1-12-6-7-17(20)16(18(12)21)9-14(10-22)19(24)23-11-13-4-3-5-15(8-13)25-2/h3-9H,11H2,1-2H3,(H,23,24)/b14-9+. The average molecular weight is 359 g/mol. The molecule has 1 amide bonds. The molecule has 0 saturated heterocycles. The molecule has 0 aliphatic rings. The number of nitrogens with zero attached hydrogens (tertiary/aromatic N) is 1. The van der Waals surface area contributed by atoms with Gasteiger partial charge < -0.3 is 10.1 Å². The predicted octanol–water partition coefficient (Wildman–Crippen LogP) is 4.02. The van der Waals surface area contributed by atoms with Crippen LogP contribution in [0.5, 0.6) is 5.75 Å². The summed E-state index contributed by atoms with van der Waals surface area (Å²) in [7, 11) is 1.55. The second-order valence-corrected chi connectivity index (χ2v) is 5.70. The number of hydrogen-bond acceptors (Lipinski definition) is 3. The highest BCUT2D eigenvalue weighted by molar-refractivity contribution is 6.32. The van der Waals surface area contributed by atoms with E-state index in [2.05, 4.69) is 5.32 Å². The van der Waals surface area contributed by atoms with E-state index < -0.39 is 11.7 Å². The summed E-state index contributed by atoms with van der Waals surface area (Å²) < 4.78 is 19.3. The minimum absolute atomic E-state index is 0.0229. The van der Waals surface area contributed by atoms with Crippen LogP contribution >= 0.6 is 11.6 Å². The highest BCUT2D eigenvalue weighted by Crippen LogP contribution is 2.24. The topological polar surface area (TPSA) is 62.1 Å². The monoisotopic (exact) mass is 358 g/mol. The van der Waals surface area contributed by atoms with Gasteiger partial charge in [-0.1, -0.05) is 29.8 Å². The molecule has 0 aliphatic heterocycles. The predicted molar refractivity (Wildman–Crippen MR) is 94.6 cm³/mol. The number of nitriles is 1. The summed E-state index contributed by atoms with van der Waals surface area (Å²) in [6.45, 7) is 1.79. The van der Waals surface area contributed by atoms with Gasteiger partial charge in [0.1, 0.15) is 23.2 Å². The van der Waals surface area contributed by atoms with Crippen LogP contribution in [-0.2, 0) is 11.3 Å². The minimum atomic E-state index is -0.609. The smallest absolute Gasteiger partial charge is 0.262 e. The molecule has 0 saturated carbocycles. The maximum atomic E-state index is 14.2. The zero-order chi connectivity index (χ0) is 18.4. The quantitative estimate of drug-likeness (QED) is 0.648. The van der Waals surface area contributed by atoms with E-state index in [9.17, 15) is 14.4 Å². The van der Waals surface area contributed by atoms with E-state index in [0.717, 1.165) is 11.6 Å². The van der Waals surface area contributed by atoms with Crippen molar-refractivity contribution in [1.29, 1.82) is 5.26 Å². The number of nitrogens with one attached hydrogen (secondary N) is 1. The molecule has 0 atom stereocenters. The fourth-order valence-corrected chi connectivity index (χ4v) is 2.36. The summed E-state index contributed by atoms with van der Waals surface area (Å²) in [4.78, 5) is 12.2. The summed E-state index contributed by atoms with van der Waals surface area (Å²) in [5.74, 6) is -0.500. The van der Waals surface area contributed by atoms with Gasteiger partial charge in [-0.15, -0.1) is 0 Å². The van der Waals surface area contributed by atoms with Crippen molar-refractivity contribution >= 4 is 23.6 Å². The number of aryl methyl sites for hydroxylation is 1. The van der Waals surface area contributed by atoms with Gasteiger partial charge in [-0.25, -0.2) is 4.39 Å². The Labute approximate surface area is 150 Å². The van der Waals surface area contributed by atoms with Crippen LogP contribution in [0.25, 0.3) is 6.08 Å². The fraction of sp³-hybridized carbons (Fsp3) is 0.158. The van der Waals surface area contributed by atoms with Crippen molar-refractivity contribution in [3.05, 3.63) is 69.5 Å². The van der Waals surface area contributed by atoms with Crippen LogP contribution in [0.15, 0.2) is 42.0 Å². The second kappa shape index (κ2) is 8.32. The number of halogens is 2. The van der Waals surface area contributed by atoms with Crippen LogP contribution < -0.4 is 10.1 Å². The molecule has 0 bridgehead atoms. The van der Waals surface area contributed by atoms with Crippen molar-refractivity contribution in [3.63, 3.8) is 0 Å². The van der Waals surface area contributed by atoms with E-state index in [-0.39, 0.29) is 22.7 Å². The van der Waals surface area contributed by atoms with E-state index in [0.29, 0.717) is 11.3 Å². The number of methoxy groups -OCH3 is 1. The molecular formula is C19H16ClFN2O2. The van der Waals surface area contributed by atoms with Crippen LogP contribution in [0, 0.1) is 24.1 Å². The lowest BCUT2D eigenvalue weighted by molar-refractivity contribution is -0.117. The number of carbonyl (C=O) groups is 1. The lowest BCUT2D eigenvalue weighted by Crippen LogP contribution is -2.24. The molecule has 0 unspecified atom stereocenters. The molecule has 1 N–H and O–H groups in total. The Bertz CT molecular complexity index is 872. The lowest BCUT2D eigenvalue weighted by atomic mass is 10.1. The maximum Gasteiger partial charge on any atom is 0.262 e. The van der Waals surface area contributed by atoms with Crippen molar-refractivity contribution in [2.45, 2.75) is 13.5 Å². The third-order valence-electron chi connectivity index (χ3n) is 3.56. The molecule has 128 valence electrons. The molecule has 0 aliphatic carbocycles. The second-order valence-electron chi connectivity index (χ2n) is 5.30. The van der Waals surface area contributed by atoms with E-state index in [1.54, 1.807) is 38.3 Å². The molecule has 0 heterocycles. The van der Waals surface area contributed by atoms with Crippen LogP contribution in [0.4, 0.5) is 4.39 Å². The zero-order valence-electron chi connectivity index (χ0n) is 13.8. The lowest BCUT2D eigenvalue weighted by Gasteiger charge is -2.07. The van der Waals surface area contributed by atoms with Crippen molar-refractivity contribution in [3.8, 4) is 11.8 Å². The Hall–Kier alpha value is -2.84. The highest BCUT2D eigenvalue weighted by atomic mass is 35.5. The molecule has 0 aromatic heterocycles. The number of rotatable bonds is 5. The van der Waals surface area contributed by atoms with Gasteiger partial charge in [0.05, 0.1) is 12.1 Å². The largest absolute Gasteiger partial charge is 0.497 e. The van der Waals surface area contributed by atoms with Gasteiger partial charge in [0.25, 0.3) is 5.91 Å². The van der Waals surface area contributed by atoms with Crippen LogP contribution in [-0.4, -0.2) is 13.0 Å². The molecular weight excluding hydrogens is 343 g/mol. The van der Waals surface area contributed by atoms with Crippen LogP contribution in [0.1, 0.15) is 16.7 Å². The van der Waals surface area contributed by atoms with Crippen LogP contribution in [0.2, 0.25) is 5.02 Å². The number of benzene rings is 2. The Kier molecular flexibility index (Phi) is 6.15. The average Bonchev–Trinajstić information content (AvgIpc) is 2.63. The normalized spacial score (nSPS) is 10.9. The van der Waals surface area contributed by atoms with Crippen molar-refractivity contribution in [2.24, 2.45) is 0 Å². The van der Waals surface area contributed by atoms with E-state index in [1.165, 1.54) is 12.1 Å². The van der Waals surface area contributed by atoms with Gasteiger partial charge in [-0.05, 0) is 42.3 Å². The minimum Gasteiger partial charge on any atom is -0.497 e. The molecule has 2 aromatic rings. The van der Waals surface area contributed by atoms with Gasteiger partial charge in [0.2, 0.25) is 0 Å². The molecule has 25 heavy (non-hydrogen) atoms. The van der Waals surface area contributed by atoms with E-state index >= 15 is 0 Å². The van der Waals surface area contributed by atoms with E-state index in [4.69, 9.17) is 16.3 Å². The first kappa shape index (κ1) is 18.5. The molecule has 2 aromatic carbocycles. The number of hydrogen-bond donors (Lipinski definition) is 1. The molecule has 0 fully saturated rings. The van der Waals surface area contributed by atoms with E-state index in [1.807, 2.05) is 6.07 Å². The van der Waals surface area contributed by atoms with Gasteiger partial charge in [0, 0.05) is 12.1 Å². The first-order valence-corrected chi connectivity index (χ1v) is 7.81.